The van der Waals surface area contributed by atoms with Gasteiger partial charge in [0.1, 0.15) is 0 Å². The summed E-state index contributed by atoms with van der Waals surface area (Å²) in [6, 6.07) is 7.79. The Morgan fingerprint density at radius 1 is 1.47 bits per heavy atom. The molecule has 0 aliphatic heterocycles. The van der Waals surface area contributed by atoms with Crippen LogP contribution in [-0.2, 0) is 0 Å². The third-order valence-electron chi connectivity index (χ3n) is 1.92. The summed E-state index contributed by atoms with van der Waals surface area (Å²) in [5.74, 6) is 0. The van der Waals surface area contributed by atoms with Gasteiger partial charge in [-0.25, -0.2) is 0 Å². The molecular weight excluding hydrogens is 341 g/mol. The third-order valence-corrected chi connectivity index (χ3v) is 3.50. The molecule has 0 saturated carbocycles. The first kappa shape index (κ1) is 12.8. The molecule has 0 atom stereocenters. The van der Waals surface area contributed by atoms with Gasteiger partial charge >= 0.3 is 0 Å². The summed E-state index contributed by atoms with van der Waals surface area (Å²) >= 11 is 12.9. The number of nitrogens with zero attached hydrogens (tertiary/aromatic N) is 1. The number of benzene rings is 1. The number of rotatable bonds is 2. The second-order valence-electron chi connectivity index (χ2n) is 2.88. The molecule has 0 aromatic heterocycles. The number of hydrogen-bond acceptors (Lipinski definition) is 1. The molecule has 0 fully saturated rings. The molecule has 0 heterocycles. The smallest absolute Gasteiger partial charge is 0.0962 e. The van der Waals surface area contributed by atoms with E-state index in [2.05, 4.69) is 37.9 Å². The number of hydrogen-bond donors (Lipinski definition) is 0. The Kier molecular flexibility index (Phi) is 4.85. The van der Waals surface area contributed by atoms with Gasteiger partial charge in [-0.05, 0) is 18.6 Å². The molecule has 0 unspecified atom stereocenters. The summed E-state index contributed by atoms with van der Waals surface area (Å²) in [5, 5.41) is 9.40. The average molecular weight is 349 g/mol. The van der Waals surface area contributed by atoms with Gasteiger partial charge in [-0.15, -0.1) is 0 Å². The predicted octanol–water partition coefficient (Wildman–Crippen LogP) is 5.10. The topological polar surface area (TPSA) is 23.8 Å². The molecule has 0 saturated heterocycles. The Hall–Kier alpha value is -0.300. The highest BCUT2D eigenvalue weighted by molar-refractivity contribution is 9.11. The van der Waals surface area contributed by atoms with Gasteiger partial charge in [0, 0.05) is 20.1 Å². The zero-order valence-electron chi connectivity index (χ0n) is 8.02. The summed E-state index contributed by atoms with van der Waals surface area (Å²) in [5.41, 5.74) is 1.44. The van der Waals surface area contributed by atoms with Crippen molar-refractivity contribution in [2.75, 3.05) is 0 Å². The molecule has 0 radical (unpaired) electrons. The van der Waals surface area contributed by atoms with Gasteiger partial charge in [0.05, 0.1) is 11.1 Å². The van der Waals surface area contributed by atoms with Crippen LogP contribution >= 0.6 is 43.5 Å². The molecule has 1 aromatic rings. The highest BCUT2D eigenvalue weighted by atomic mass is 79.9. The quantitative estimate of drug-likeness (QED) is 0.682. The minimum atomic E-state index is 0.513. The normalized spacial score (nSPS) is 11.9. The van der Waals surface area contributed by atoms with Crippen molar-refractivity contribution in [3.63, 3.8) is 0 Å². The SMILES string of the molecule is CC/C(C#N)=C(/Cl)c1ccc(Br)cc1Br. The first-order chi connectivity index (χ1) is 7.10. The minimum absolute atomic E-state index is 0.513. The van der Waals surface area contributed by atoms with Crippen LogP contribution in [0.4, 0.5) is 0 Å². The van der Waals surface area contributed by atoms with Crippen molar-refractivity contribution >= 4 is 48.5 Å². The van der Waals surface area contributed by atoms with Crippen molar-refractivity contribution in [3.8, 4) is 6.07 Å². The zero-order chi connectivity index (χ0) is 11.4. The fraction of sp³-hybridized carbons (Fsp3) is 0.182. The van der Waals surface area contributed by atoms with Crippen molar-refractivity contribution in [3.05, 3.63) is 38.3 Å². The Bertz CT molecular complexity index is 446. The molecule has 1 rings (SSSR count). The fourth-order valence-corrected chi connectivity index (χ4v) is 2.81. The van der Waals surface area contributed by atoms with Crippen molar-refractivity contribution in [2.45, 2.75) is 13.3 Å². The van der Waals surface area contributed by atoms with Gasteiger partial charge in [0.2, 0.25) is 0 Å². The molecule has 0 amide bonds. The maximum Gasteiger partial charge on any atom is 0.0962 e. The van der Waals surface area contributed by atoms with E-state index in [0.717, 1.165) is 14.5 Å². The van der Waals surface area contributed by atoms with Crippen LogP contribution in [0.3, 0.4) is 0 Å². The second-order valence-corrected chi connectivity index (χ2v) is 5.03. The molecule has 0 spiro atoms. The van der Waals surface area contributed by atoms with E-state index in [1.165, 1.54) is 0 Å². The third kappa shape index (κ3) is 3.07. The molecule has 0 N–H and O–H groups in total. The Balaban J connectivity index is 3.29. The molecule has 1 nitrogen and oxygen atoms in total. The van der Waals surface area contributed by atoms with E-state index in [0.29, 0.717) is 17.0 Å². The van der Waals surface area contributed by atoms with Crippen LogP contribution < -0.4 is 0 Å². The highest BCUT2D eigenvalue weighted by Gasteiger charge is 2.08. The van der Waals surface area contributed by atoms with Crippen molar-refractivity contribution in [1.29, 1.82) is 5.26 Å². The van der Waals surface area contributed by atoms with E-state index in [1.807, 2.05) is 25.1 Å². The lowest BCUT2D eigenvalue weighted by Crippen LogP contribution is -1.85. The molecule has 0 aliphatic carbocycles. The van der Waals surface area contributed by atoms with Gasteiger partial charge < -0.3 is 0 Å². The van der Waals surface area contributed by atoms with Crippen LogP contribution in [0.5, 0.6) is 0 Å². The second kappa shape index (κ2) is 5.69. The number of nitriles is 1. The summed E-state index contributed by atoms with van der Waals surface area (Å²) in [4.78, 5) is 0. The Morgan fingerprint density at radius 2 is 2.13 bits per heavy atom. The lowest BCUT2D eigenvalue weighted by atomic mass is 10.1. The first-order valence-corrected chi connectivity index (χ1v) is 6.30. The van der Waals surface area contributed by atoms with Gasteiger partial charge in [-0.2, -0.15) is 5.26 Å². The first-order valence-electron chi connectivity index (χ1n) is 4.34. The molecule has 15 heavy (non-hydrogen) atoms. The van der Waals surface area contributed by atoms with E-state index in [9.17, 15) is 0 Å². The summed E-state index contributed by atoms with van der Waals surface area (Å²) < 4.78 is 1.85. The highest BCUT2D eigenvalue weighted by Crippen LogP contribution is 2.32. The van der Waals surface area contributed by atoms with E-state index in [4.69, 9.17) is 16.9 Å². The molecule has 0 bridgehead atoms. The number of allylic oxidation sites excluding steroid dienone is 1. The van der Waals surface area contributed by atoms with Crippen molar-refractivity contribution in [1.82, 2.24) is 0 Å². The lowest BCUT2D eigenvalue weighted by Gasteiger charge is -2.05. The molecule has 4 heteroatoms. The van der Waals surface area contributed by atoms with Gasteiger partial charge in [0.15, 0.2) is 0 Å². The lowest BCUT2D eigenvalue weighted by molar-refractivity contribution is 1.16. The van der Waals surface area contributed by atoms with E-state index in [1.54, 1.807) is 0 Å². The Labute approximate surface area is 111 Å². The van der Waals surface area contributed by atoms with Crippen LogP contribution in [0, 0.1) is 11.3 Å². The summed E-state index contributed by atoms with van der Waals surface area (Å²) in [6.45, 7) is 1.91. The average Bonchev–Trinajstić information content (AvgIpc) is 2.19. The fourth-order valence-electron chi connectivity index (χ4n) is 1.11. The van der Waals surface area contributed by atoms with Crippen LogP contribution in [0.15, 0.2) is 32.7 Å². The van der Waals surface area contributed by atoms with Crippen LogP contribution in [0.2, 0.25) is 0 Å². The van der Waals surface area contributed by atoms with E-state index < -0.39 is 0 Å². The van der Waals surface area contributed by atoms with Crippen molar-refractivity contribution in [2.24, 2.45) is 0 Å². The summed E-state index contributed by atoms with van der Waals surface area (Å²) in [7, 11) is 0. The van der Waals surface area contributed by atoms with Gasteiger partial charge in [-0.1, -0.05) is 56.5 Å². The van der Waals surface area contributed by atoms with E-state index in [-0.39, 0.29) is 0 Å². The molecular formula is C11H8Br2ClN. The molecule has 0 aliphatic rings. The van der Waals surface area contributed by atoms with Crippen LogP contribution in [0.1, 0.15) is 18.9 Å². The summed E-state index contributed by atoms with van der Waals surface area (Å²) in [6.07, 6.45) is 0.637. The minimum Gasteiger partial charge on any atom is -0.193 e. The van der Waals surface area contributed by atoms with Gasteiger partial charge in [-0.3, -0.25) is 0 Å². The van der Waals surface area contributed by atoms with Crippen molar-refractivity contribution < 1.29 is 0 Å². The largest absolute Gasteiger partial charge is 0.193 e. The molecule has 78 valence electrons. The predicted molar refractivity (Wildman–Crippen MR) is 70.5 cm³/mol. The van der Waals surface area contributed by atoms with Gasteiger partial charge in [0.25, 0.3) is 0 Å². The maximum absolute atomic E-state index is 8.89. The molecule has 1 aromatic carbocycles. The Morgan fingerprint density at radius 3 is 2.60 bits per heavy atom. The maximum atomic E-state index is 8.89. The van der Waals surface area contributed by atoms with E-state index >= 15 is 0 Å². The van der Waals surface area contributed by atoms with Crippen LogP contribution in [0.25, 0.3) is 5.03 Å². The zero-order valence-corrected chi connectivity index (χ0v) is 11.9. The standard InChI is InChI=1S/C11H8Br2ClN/c1-2-7(6-15)11(14)9-4-3-8(12)5-10(9)13/h3-5H,2H2,1H3/b11-7-. The number of halogens is 3. The van der Waals surface area contributed by atoms with Crippen LogP contribution in [-0.4, -0.2) is 0 Å². The monoisotopic (exact) mass is 347 g/mol.